The first-order chi connectivity index (χ1) is 7.91. The number of aromatic nitrogens is 1. The molecule has 0 saturated carbocycles. The van der Waals surface area contributed by atoms with Crippen LogP contribution in [0.1, 0.15) is 5.56 Å². The number of hydrogen-bond acceptors (Lipinski definition) is 3. The van der Waals surface area contributed by atoms with Gasteiger partial charge < -0.3 is 0 Å². The van der Waals surface area contributed by atoms with Crippen molar-refractivity contribution in [3.8, 4) is 0 Å². The SMILES string of the molecule is O=C(C(Br)C=NCc1cccnc1)C(F)(F)F. The Morgan fingerprint density at radius 3 is 2.82 bits per heavy atom. The maximum atomic E-state index is 12.0. The van der Waals surface area contributed by atoms with Crippen LogP contribution in [0.4, 0.5) is 13.2 Å². The summed E-state index contributed by atoms with van der Waals surface area (Å²) in [7, 11) is 0. The third-order valence-corrected chi connectivity index (χ3v) is 2.42. The van der Waals surface area contributed by atoms with Crippen LogP contribution in [-0.2, 0) is 11.3 Å². The van der Waals surface area contributed by atoms with E-state index in [0.29, 0.717) is 0 Å². The van der Waals surface area contributed by atoms with E-state index >= 15 is 0 Å². The van der Waals surface area contributed by atoms with E-state index in [1.165, 1.54) is 0 Å². The van der Waals surface area contributed by atoms with Gasteiger partial charge in [0, 0.05) is 18.6 Å². The van der Waals surface area contributed by atoms with Crippen molar-refractivity contribution in [2.24, 2.45) is 4.99 Å². The van der Waals surface area contributed by atoms with Crippen LogP contribution in [0.5, 0.6) is 0 Å². The average Bonchev–Trinajstić information content (AvgIpc) is 2.28. The molecule has 1 aromatic heterocycles. The minimum absolute atomic E-state index is 0.182. The van der Waals surface area contributed by atoms with Crippen molar-refractivity contribution in [3.63, 3.8) is 0 Å². The van der Waals surface area contributed by atoms with Crippen LogP contribution in [0.2, 0.25) is 0 Å². The van der Waals surface area contributed by atoms with Crippen LogP contribution < -0.4 is 0 Å². The first kappa shape index (κ1) is 13.8. The lowest BCUT2D eigenvalue weighted by Crippen LogP contribution is -2.31. The molecular formula is C10H8BrF3N2O. The minimum Gasteiger partial charge on any atom is -0.291 e. The van der Waals surface area contributed by atoms with Crippen molar-refractivity contribution in [3.05, 3.63) is 30.1 Å². The quantitative estimate of drug-likeness (QED) is 0.633. The van der Waals surface area contributed by atoms with Crippen LogP contribution in [0.15, 0.2) is 29.5 Å². The summed E-state index contributed by atoms with van der Waals surface area (Å²) in [4.78, 5) is 16.9. The van der Waals surface area contributed by atoms with Crippen molar-refractivity contribution in [1.29, 1.82) is 0 Å². The highest BCUT2D eigenvalue weighted by Gasteiger charge is 2.41. The number of halogens is 4. The molecule has 92 valence electrons. The van der Waals surface area contributed by atoms with E-state index < -0.39 is 16.8 Å². The Morgan fingerprint density at radius 2 is 2.29 bits per heavy atom. The van der Waals surface area contributed by atoms with Gasteiger partial charge in [0.1, 0.15) is 4.83 Å². The van der Waals surface area contributed by atoms with Gasteiger partial charge in [-0.25, -0.2) is 0 Å². The van der Waals surface area contributed by atoms with Gasteiger partial charge in [0.05, 0.1) is 6.54 Å². The fourth-order valence-electron chi connectivity index (χ4n) is 0.966. The number of ketones is 1. The molecule has 1 unspecified atom stereocenters. The molecule has 0 radical (unpaired) electrons. The highest BCUT2D eigenvalue weighted by atomic mass is 79.9. The second-order valence-corrected chi connectivity index (χ2v) is 4.10. The number of pyridine rings is 1. The molecule has 0 N–H and O–H groups in total. The summed E-state index contributed by atoms with van der Waals surface area (Å²) in [6, 6.07) is 3.43. The summed E-state index contributed by atoms with van der Waals surface area (Å²) in [6.07, 6.45) is -0.794. The summed E-state index contributed by atoms with van der Waals surface area (Å²) < 4.78 is 36.0. The zero-order valence-electron chi connectivity index (χ0n) is 8.49. The summed E-state index contributed by atoms with van der Waals surface area (Å²) in [5.41, 5.74) is 0.753. The number of alkyl halides is 4. The van der Waals surface area contributed by atoms with Crippen LogP contribution in [0.25, 0.3) is 0 Å². The number of rotatable bonds is 4. The van der Waals surface area contributed by atoms with E-state index in [4.69, 9.17) is 0 Å². The van der Waals surface area contributed by atoms with E-state index in [9.17, 15) is 18.0 Å². The molecule has 0 bridgehead atoms. The van der Waals surface area contributed by atoms with Crippen LogP contribution in [0.3, 0.4) is 0 Å². The van der Waals surface area contributed by atoms with Crippen LogP contribution in [0, 0.1) is 0 Å². The van der Waals surface area contributed by atoms with E-state index in [1.54, 1.807) is 24.5 Å². The smallest absolute Gasteiger partial charge is 0.291 e. The number of carbonyl (C=O) groups excluding carboxylic acids is 1. The second kappa shape index (κ2) is 5.90. The lowest BCUT2D eigenvalue weighted by Gasteiger charge is -2.06. The fourth-order valence-corrected chi connectivity index (χ4v) is 1.39. The van der Waals surface area contributed by atoms with Gasteiger partial charge in [-0.05, 0) is 11.6 Å². The summed E-state index contributed by atoms with van der Waals surface area (Å²) in [5, 5.41) is 0. The molecule has 7 heteroatoms. The number of Topliss-reactive ketones (excluding diaryl/α,β-unsaturated/α-hetero) is 1. The number of nitrogens with zero attached hydrogens (tertiary/aromatic N) is 2. The summed E-state index contributed by atoms with van der Waals surface area (Å²) >= 11 is 2.62. The van der Waals surface area contributed by atoms with E-state index in [0.717, 1.165) is 11.8 Å². The molecule has 1 rings (SSSR count). The molecule has 0 saturated heterocycles. The lowest BCUT2D eigenvalue weighted by atomic mass is 10.3. The fraction of sp³-hybridized carbons (Fsp3) is 0.300. The normalized spacial score (nSPS) is 13.9. The predicted octanol–water partition coefficient (Wildman–Crippen LogP) is 2.55. The molecule has 0 amide bonds. The Bertz CT molecular complexity index is 406. The molecular weight excluding hydrogens is 301 g/mol. The Balaban J connectivity index is 2.52. The van der Waals surface area contributed by atoms with Gasteiger partial charge in [0.25, 0.3) is 5.78 Å². The van der Waals surface area contributed by atoms with Crippen molar-refractivity contribution < 1.29 is 18.0 Å². The van der Waals surface area contributed by atoms with Crippen molar-refractivity contribution in [1.82, 2.24) is 4.98 Å². The van der Waals surface area contributed by atoms with Gasteiger partial charge in [0.2, 0.25) is 0 Å². The Kier molecular flexibility index (Phi) is 4.80. The third kappa shape index (κ3) is 4.64. The average molecular weight is 309 g/mol. The van der Waals surface area contributed by atoms with Gasteiger partial charge in [-0.15, -0.1) is 0 Å². The van der Waals surface area contributed by atoms with Gasteiger partial charge in [-0.3, -0.25) is 14.8 Å². The van der Waals surface area contributed by atoms with E-state index in [-0.39, 0.29) is 6.54 Å². The molecule has 0 aromatic carbocycles. The highest BCUT2D eigenvalue weighted by molar-refractivity contribution is 9.10. The van der Waals surface area contributed by atoms with Crippen molar-refractivity contribution >= 4 is 27.9 Å². The summed E-state index contributed by atoms with van der Waals surface area (Å²) in [5.74, 6) is -1.87. The minimum atomic E-state index is -4.85. The first-order valence-electron chi connectivity index (χ1n) is 4.55. The largest absolute Gasteiger partial charge is 0.451 e. The molecule has 0 aliphatic heterocycles. The van der Waals surface area contributed by atoms with Crippen molar-refractivity contribution in [2.45, 2.75) is 17.5 Å². The first-order valence-corrected chi connectivity index (χ1v) is 5.47. The molecule has 0 aliphatic rings. The van der Waals surface area contributed by atoms with Crippen LogP contribution in [-0.4, -0.2) is 28.0 Å². The van der Waals surface area contributed by atoms with Crippen molar-refractivity contribution in [2.75, 3.05) is 0 Å². The second-order valence-electron chi connectivity index (χ2n) is 3.11. The number of aliphatic imine (C=N–C) groups is 1. The Labute approximate surface area is 104 Å². The van der Waals surface area contributed by atoms with E-state index in [1.807, 2.05) is 0 Å². The molecule has 1 heterocycles. The molecule has 1 aromatic rings. The van der Waals surface area contributed by atoms with Gasteiger partial charge in [-0.1, -0.05) is 22.0 Å². The number of carbonyl (C=O) groups is 1. The zero-order chi connectivity index (χ0) is 12.9. The van der Waals surface area contributed by atoms with Crippen LogP contribution >= 0.6 is 15.9 Å². The zero-order valence-corrected chi connectivity index (χ0v) is 10.1. The molecule has 1 atom stereocenters. The molecule has 3 nitrogen and oxygen atoms in total. The monoisotopic (exact) mass is 308 g/mol. The lowest BCUT2D eigenvalue weighted by molar-refractivity contribution is -0.168. The summed E-state index contributed by atoms with van der Waals surface area (Å²) in [6.45, 7) is 0.182. The third-order valence-electron chi connectivity index (χ3n) is 1.76. The topological polar surface area (TPSA) is 42.3 Å². The Morgan fingerprint density at radius 1 is 1.59 bits per heavy atom. The molecule has 17 heavy (non-hydrogen) atoms. The maximum absolute atomic E-state index is 12.0. The Hall–Kier alpha value is -1.24. The predicted molar refractivity (Wildman–Crippen MR) is 60.2 cm³/mol. The van der Waals surface area contributed by atoms with Gasteiger partial charge in [-0.2, -0.15) is 13.2 Å². The maximum Gasteiger partial charge on any atom is 0.451 e. The highest BCUT2D eigenvalue weighted by Crippen LogP contribution is 2.20. The molecule has 0 fully saturated rings. The van der Waals surface area contributed by atoms with E-state index in [2.05, 4.69) is 25.9 Å². The van der Waals surface area contributed by atoms with Gasteiger partial charge >= 0.3 is 6.18 Å². The molecule has 0 spiro atoms. The molecule has 0 aliphatic carbocycles. The standard InChI is InChI=1S/C10H8BrF3N2O/c11-8(9(17)10(12,13)14)6-16-5-7-2-1-3-15-4-7/h1-4,6,8H,5H2. The van der Waals surface area contributed by atoms with Gasteiger partial charge in [0.15, 0.2) is 0 Å². The number of hydrogen-bond donors (Lipinski definition) is 0.